The first-order valence-corrected chi connectivity index (χ1v) is 10.3. The summed E-state index contributed by atoms with van der Waals surface area (Å²) in [7, 11) is 1.67. The average Bonchev–Trinajstić information content (AvgIpc) is 3.06. The number of hydrogen-bond donors (Lipinski definition) is 0. The summed E-state index contributed by atoms with van der Waals surface area (Å²) in [6.45, 7) is 0.818. The summed E-state index contributed by atoms with van der Waals surface area (Å²) < 4.78 is 0. The van der Waals surface area contributed by atoms with Crippen LogP contribution in [0.5, 0.6) is 0 Å². The van der Waals surface area contributed by atoms with Gasteiger partial charge in [-0.2, -0.15) is 0 Å². The molecule has 2 fully saturated rings. The molecule has 4 atom stereocenters. The highest BCUT2D eigenvalue weighted by Crippen LogP contribution is 2.56. The normalized spacial score (nSPS) is 30.4. The van der Waals surface area contributed by atoms with E-state index in [0.717, 1.165) is 11.1 Å². The number of piperidine rings is 1. The van der Waals surface area contributed by atoms with Crippen LogP contribution >= 0.6 is 0 Å². The Morgan fingerprint density at radius 3 is 2.37 bits per heavy atom. The quantitative estimate of drug-likeness (QED) is 0.436. The van der Waals surface area contributed by atoms with Crippen LogP contribution in [-0.4, -0.2) is 52.7 Å². The number of rotatable bonds is 2. The monoisotopic (exact) mass is 405 g/mol. The van der Waals surface area contributed by atoms with Gasteiger partial charge < -0.3 is 9.80 Å². The van der Waals surface area contributed by atoms with Gasteiger partial charge in [-0.1, -0.05) is 54.6 Å². The number of carbonyl (C=O) groups excluding carboxylic acids is 2. The highest BCUT2D eigenvalue weighted by atomic mass is 16.6. The zero-order valence-corrected chi connectivity index (χ0v) is 16.7. The van der Waals surface area contributed by atoms with E-state index in [-0.39, 0.29) is 16.7 Å². The van der Waals surface area contributed by atoms with E-state index in [2.05, 4.69) is 0 Å². The number of likely N-dealkylation sites (tertiary alicyclic amines) is 1. The zero-order valence-electron chi connectivity index (χ0n) is 16.7. The third kappa shape index (κ3) is 2.38. The minimum absolute atomic E-state index is 0.261. The molecule has 5 rings (SSSR count). The Kier molecular flexibility index (Phi) is 4.17. The third-order valence-corrected chi connectivity index (χ3v) is 7.14. The van der Waals surface area contributed by atoms with Crippen molar-refractivity contribution in [3.05, 3.63) is 81.4 Å². The number of hydrogen-bond acceptors (Lipinski definition) is 4. The Balaban J connectivity index is 1.77. The van der Waals surface area contributed by atoms with E-state index in [1.165, 1.54) is 0 Å². The molecule has 0 aromatic heterocycles. The van der Waals surface area contributed by atoms with Gasteiger partial charge in [0.05, 0.1) is 5.92 Å². The lowest BCUT2D eigenvalue weighted by atomic mass is 9.60. The van der Waals surface area contributed by atoms with Crippen molar-refractivity contribution >= 4 is 11.8 Å². The molecule has 2 aromatic rings. The molecule has 154 valence electrons. The van der Waals surface area contributed by atoms with Gasteiger partial charge in [0.25, 0.3) is 0 Å². The molecular formula is C23H23N3O4. The number of nitro groups is 1. The van der Waals surface area contributed by atoms with E-state index in [9.17, 15) is 19.7 Å². The second-order valence-electron chi connectivity index (χ2n) is 8.50. The maximum Gasteiger partial charge on any atom is 0.245 e. The molecule has 30 heavy (non-hydrogen) atoms. The molecule has 0 bridgehead atoms. The fourth-order valence-electron chi connectivity index (χ4n) is 5.82. The smallest absolute Gasteiger partial charge is 0.245 e. The van der Waals surface area contributed by atoms with Crippen molar-refractivity contribution < 1.29 is 14.5 Å². The summed E-state index contributed by atoms with van der Waals surface area (Å²) in [4.78, 5) is 42.9. The molecule has 0 N–H and O–H groups in total. The lowest BCUT2D eigenvalue weighted by Gasteiger charge is -2.51. The van der Waals surface area contributed by atoms with E-state index in [1.807, 2.05) is 54.6 Å². The largest absolute Gasteiger partial charge is 0.345 e. The van der Waals surface area contributed by atoms with Crippen molar-refractivity contribution in [3.63, 3.8) is 0 Å². The van der Waals surface area contributed by atoms with Crippen LogP contribution < -0.4 is 0 Å². The van der Waals surface area contributed by atoms with Gasteiger partial charge in [-0.05, 0) is 29.5 Å². The molecule has 3 heterocycles. The van der Waals surface area contributed by atoms with Crippen LogP contribution in [0.4, 0.5) is 0 Å². The second kappa shape index (κ2) is 6.65. The molecular weight excluding hydrogens is 382 g/mol. The van der Waals surface area contributed by atoms with E-state index in [4.69, 9.17) is 0 Å². The maximum atomic E-state index is 14.0. The van der Waals surface area contributed by atoms with Gasteiger partial charge in [-0.25, -0.2) is 0 Å². The minimum Gasteiger partial charge on any atom is -0.345 e. The summed E-state index contributed by atoms with van der Waals surface area (Å²) in [5, 5.41) is 12.6. The Bertz CT molecular complexity index is 1040. The van der Waals surface area contributed by atoms with Crippen LogP contribution in [0.1, 0.15) is 35.1 Å². The summed E-state index contributed by atoms with van der Waals surface area (Å²) in [5.41, 5.74) is 1.12. The fourth-order valence-corrected chi connectivity index (χ4v) is 5.82. The maximum absolute atomic E-state index is 14.0. The molecule has 7 nitrogen and oxygen atoms in total. The first-order valence-electron chi connectivity index (χ1n) is 10.3. The predicted octanol–water partition coefficient (Wildman–Crippen LogP) is 2.40. The van der Waals surface area contributed by atoms with Crippen molar-refractivity contribution in [2.75, 3.05) is 20.1 Å². The molecule has 0 saturated carbocycles. The van der Waals surface area contributed by atoms with Gasteiger partial charge in [0.2, 0.25) is 17.9 Å². The van der Waals surface area contributed by atoms with E-state index in [0.29, 0.717) is 31.5 Å². The number of fused-ring (bicyclic) bond motifs is 3. The Labute approximate surface area is 174 Å². The average molecular weight is 405 g/mol. The summed E-state index contributed by atoms with van der Waals surface area (Å²) in [5.74, 6) is -1.38. The fraction of sp³-hybridized carbons (Fsp3) is 0.391. The summed E-state index contributed by atoms with van der Waals surface area (Å²) in [6.07, 6.45) is 0.939. The van der Waals surface area contributed by atoms with Gasteiger partial charge in [0.15, 0.2) is 0 Å². The van der Waals surface area contributed by atoms with Gasteiger partial charge in [-0.15, -0.1) is 0 Å². The van der Waals surface area contributed by atoms with Gasteiger partial charge in [0.1, 0.15) is 11.5 Å². The summed E-state index contributed by atoms with van der Waals surface area (Å²) >= 11 is 0. The minimum atomic E-state index is -1.42. The molecule has 2 amide bonds. The van der Waals surface area contributed by atoms with Crippen LogP contribution in [0.3, 0.4) is 0 Å². The molecule has 0 aliphatic carbocycles. The van der Waals surface area contributed by atoms with Crippen molar-refractivity contribution in [3.8, 4) is 0 Å². The van der Waals surface area contributed by atoms with Crippen LogP contribution in [0.2, 0.25) is 0 Å². The predicted molar refractivity (Wildman–Crippen MR) is 109 cm³/mol. The van der Waals surface area contributed by atoms with Crippen molar-refractivity contribution in [1.29, 1.82) is 0 Å². The lowest BCUT2D eigenvalue weighted by Crippen LogP contribution is -2.65. The Morgan fingerprint density at radius 1 is 1.00 bits per heavy atom. The van der Waals surface area contributed by atoms with Crippen molar-refractivity contribution in [2.45, 2.75) is 30.8 Å². The molecule has 2 saturated heterocycles. The molecule has 7 heteroatoms. The van der Waals surface area contributed by atoms with Crippen molar-refractivity contribution in [1.82, 2.24) is 9.80 Å². The molecule has 3 aliphatic heterocycles. The van der Waals surface area contributed by atoms with Crippen LogP contribution in [0, 0.1) is 15.5 Å². The third-order valence-electron chi connectivity index (χ3n) is 7.14. The lowest BCUT2D eigenvalue weighted by molar-refractivity contribution is -0.540. The Morgan fingerprint density at radius 2 is 1.70 bits per heavy atom. The molecule has 0 radical (unpaired) electrons. The van der Waals surface area contributed by atoms with Gasteiger partial charge in [-0.3, -0.25) is 19.7 Å². The number of carbonyl (C=O) groups is 2. The summed E-state index contributed by atoms with van der Waals surface area (Å²) in [6, 6.07) is 15.0. The number of amides is 2. The van der Waals surface area contributed by atoms with Crippen LogP contribution in [0.15, 0.2) is 54.6 Å². The second-order valence-corrected chi connectivity index (χ2v) is 8.50. The number of nitrogens with zero attached hydrogens (tertiary/aromatic N) is 3. The SMILES string of the molecule is CN1CC[C@@]2(C1=O)C(=O)N1CCc3ccccc3[C@@H]1[C@@H]([N+](=O)[O-])[C@@H]2c1ccccc1. The molecule has 0 unspecified atom stereocenters. The highest BCUT2D eigenvalue weighted by Gasteiger charge is 2.69. The standard InChI is InChI=1S/C23H23N3O4/c1-24-14-12-23(21(24)27)18(16-8-3-2-4-9-16)20(26(29)30)19-17-10-6-5-7-15(17)11-13-25(19)22(23)28/h2-10,18-20H,11-14H2,1H3/t18-,19+,20-,23+/m0/s1. The first-order chi connectivity index (χ1) is 14.5. The van der Waals surface area contributed by atoms with Crippen LogP contribution in [0.25, 0.3) is 0 Å². The van der Waals surface area contributed by atoms with Gasteiger partial charge in [0, 0.05) is 25.1 Å². The van der Waals surface area contributed by atoms with E-state index in [1.54, 1.807) is 16.8 Å². The van der Waals surface area contributed by atoms with Crippen LogP contribution in [-0.2, 0) is 16.0 Å². The first kappa shape index (κ1) is 18.8. The zero-order chi connectivity index (χ0) is 21.0. The van der Waals surface area contributed by atoms with Crippen molar-refractivity contribution in [2.24, 2.45) is 5.41 Å². The molecule has 1 spiro atoms. The highest BCUT2D eigenvalue weighted by molar-refractivity contribution is 6.08. The molecule has 3 aliphatic rings. The number of benzene rings is 2. The topological polar surface area (TPSA) is 83.8 Å². The van der Waals surface area contributed by atoms with E-state index >= 15 is 0 Å². The Hall–Kier alpha value is -3.22. The van der Waals surface area contributed by atoms with E-state index < -0.39 is 23.4 Å². The van der Waals surface area contributed by atoms with Gasteiger partial charge >= 0.3 is 0 Å². The molecule has 2 aromatic carbocycles.